The number of rotatable bonds is 6. The number of piperidine rings is 1. The summed E-state index contributed by atoms with van der Waals surface area (Å²) in [6.07, 6.45) is 9.12. The van der Waals surface area contributed by atoms with Crippen LogP contribution in [0.2, 0.25) is 0 Å². The maximum absolute atomic E-state index is 11.5. The van der Waals surface area contributed by atoms with Crippen molar-refractivity contribution in [3.63, 3.8) is 0 Å². The average molecular weight is 281 g/mol. The van der Waals surface area contributed by atoms with Crippen molar-refractivity contribution in [2.45, 2.75) is 76.9 Å². The molecule has 3 N–H and O–H groups in total. The van der Waals surface area contributed by atoms with E-state index in [4.69, 9.17) is 5.73 Å². The van der Waals surface area contributed by atoms with E-state index in [-0.39, 0.29) is 11.9 Å². The summed E-state index contributed by atoms with van der Waals surface area (Å²) in [4.78, 5) is 14.2. The third kappa shape index (κ3) is 4.19. The number of nitrogens with two attached hydrogens (primary N) is 1. The van der Waals surface area contributed by atoms with Crippen LogP contribution in [0.3, 0.4) is 0 Å². The highest BCUT2D eigenvalue weighted by Gasteiger charge is 2.33. The Balaban J connectivity index is 1.86. The zero-order chi connectivity index (χ0) is 14.5. The van der Waals surface area contributed by atoms with Gasteiger partial charge in [0.05, 0.1) is 6.04 Å². The van der Waals surface area contributed by atoms with Crippen molar-refractivity contribution >= 4 is 5.91 Å². The van der Waals surface area contributed by atoms with Crippen LogP contribution >= 0.6 is 0 Å². The van der Waals surface area contributed by atoms with Gasteiger partial charge in [-0.2, -0.15) is 0 Å². The number of primary amides is 1. The highest BCUT2D eigenvalue weighted by molar-refractivity contribution is 5.79. The minimum absolute atomic E-state index is 0.182. The molecule has 116 valence electrons. The molecule has 1 aliphatic heterocycles. The monoisotopic (exact) mass is 281 g/mol. The molecule has 0 aromatic carbocycles. The number of hydrogen-bond acceptors (Lipinski definition) is 3. The lowest BCUT2D eigenvalue weighted by atomic mass is 9.78. The van der Waals surface area contributed by atoms with Gasteiger partial charge < -0.3 is 16.0 Å². The van der Waals surface area contributed by atoms with E-state index in [0.29, 0.717) is 6.04 Å². The number of nitrogens with zero attached hydrogens (tertiary/aromatic N) is 1. The molecule has 1 saturated heterocycles. The van der Waals surface area contributed by atoms with E-state index in [0.717, 1.165) is 24.9 Å². The third-order valence-corrected chi connectivity index (χ3v) is 4.94. The van der Waals surface area contributed by atoms with Crippen LogP contribution < -0.4 is 11.1 Å². The average Bonchev–Trinajstić information content (AvgIpc) is 2.42. The van der Waals surface area contributed by atoms with Crippen LogP contribution in [0.15, 0.2) is 0 Å². The van der Waals surface area contributed by atoms with Gasteiger partial charge in [0, 0.05) is 18.6 Å². The second kappa shape index (κ2) is 7.41. The minimum atomic E-state index is -0.212. The molecular formula is C16H31N3O. The summed E-state index contributed by atoms with van der Waals surface area (Å²) < 4.78 is 0. The van der Waals surface area contributed by atoms with Crippen molar-refractivity contribution in [1.29, 1.82) is 0 Å². The smallest absolute Gasteiger partial charge is 0.234 e. The van der Waals surface area contributed by atoms with Crippen LogP contribution in [0.4, 0.5) is 0 Å². The van der Waals surface area contributed by atoms with E-state index >= 15 is 0 Å². The van der Waals surface area contributed by atoms with Crippen molar-refractivity contribution in [1.82, 2.24) is 10.2 Å². The highest BCUT2D eigenvalue weighted by Crippen LogP contribution is 2.35. The van der Waals surface area contributed by atoms with E-state index in [1.165, 1.54) is 45.1 Å². The summed E-state index contributed by atoms with van der Waals surface area (Å²) in [6.45, 7) is 6.34. The highest BCUT2D eigenvalue weighted by atomic mass is 16.1. The van der Waals surface area contributed by atoms with Gasteiger partial charge in [-0.3, -0.25) is 4.79 Å². The van der Waals surface area contributed by atoms with E-state index in [9.17, 15) is 4.79 Å². The number of nitrogens with one attached hydrogen (secondary N) is 1. The largest absolute Gasteiger partial charge is 0.368 e. The van der Waals surface area contributed by atoms with E-state index in [1.54, 1.807) is 0 Å². The maximum Gasteiger partial charge on any atom is 0.234 e. The Morgan fingerprint density at radius 3 is 2.65 bits per heavy atom. The Kier molecular flexibility index (Phi) is 5.85. The van der Waals surface area contributed by atoms with Gasteiger partial charge in [0.1, 0.15) is 0 Å². The first-order chi connectivity index (χ1) is 9.58. The molecule has 0 radical (unpaired) electrons. The molecule has 2 aliphatic rings. The number of hydrogen-bond donors (Lipinski definition) is 2. The molecule has 2 fully saturated rings. The molecule has 2 rings (SSSR count). The molecule has 4 nitrogen and oxygen atoms in total. The maximum atomic E-state index is 11.5. The molecule has 0 spiro atoms. The Hall–Kier alpha value is -0.610. The lowest BCUT2D eigenvalue weighted by molar-refractivity contribution is -0.120. The molecule has 3 atom stereocenters. The Bertz CT molecular complexity index is 317. The van der Waals surface area contributed by atoms with Crippen molar-refractivity contribution < 1.29 is 4.79 Å². The van der Waals surface area contributed by atoms with E-state index in [1.807, 2.05) is 0 Å². The zero-order valence-electron chi connectivity index (χ0n) is 13.1. The Labute approximate surface area is 123 Å². The summed E-state index contributed by atoms with van der Waals surface area (Å²) in [5.41, 5.74) is 5.51. The molecule has 1 saturated carbocycles. The van der Waals surface area contributed by atoms with Gasteiger partial charge >= 0.3 is 0 Å². The van der Waals surface area contributed by atoms with Gasteiger partial charge in [-0.05, 0) is 44.6 Å². The fourth-order valence-electron chi connectivity index (χ4n) is 4.01. The third-order valence-electron chi connectivity index (χ3n) is 4.94. The Morgan fingerprint density at radius 1 is 1.25 bits per heavy atom. The predicted octanol–water partition coefficient (Wildman–Crippen LogP) is 1.88. The molecule has 1 aliphatic carbocycles. The Morgan fingerprint density at radius 2 is 1.95 bits per heavy atom. The SMILES string of the molecule is CC(C)NC(CCN1CCC[C@H]2CCCC[C@H]21)C(N)=O. The van der Waals surface area contributed by atoms with Crippen LogP contribution in [0.1, 0.15) is 58.8 Å². The molecule has 1 amide bonds. The summed E-state index contributed by atoms with van der Waals surface area (Å²) in [5.74, 6) is 0.693. The van der Waals surface area contributed by atoms with Crippen LogP contribution in [0, 0.1) is 5.92 Å². The van der Waals surface area contributed by atoms with Crippen molar-refractivity contribution in [3.05, 3.63) is 0 Å². The summed E-state index contributed by atoms with van der Waals surface area (Å²) in [5, 5.41) is 3.29. The molecule has 1 unspecified atom stereocenters. The number of amides is 1. The first-order valence-electron chi connectivity index (χ1n) is 8.37. The summed E-state index contributed by atoms with van der Waals surface area (Å²) in [7, 11) is 0. The second-order valence-corrected chi connectivity index (χ2v) is 6.86. The minimum Gasteiger partial charge on any atom is -0.368 e. The van der Waals surface area contributed by atoms with Crippen LogP contribution in [0.5, 0.6) is 0 Å². The standard InChI is InChI=1S/C16H31N3O/c1-12(2)18-14(16(17)20)9-11-19-10-5-7-13-6-3-4-8-15(13)19/h12-15,18H,3-11H2,1-2H3,(H2,17,20)/t13-,14?,15-/m1/s1. The first-order valence-corrected chi connectivity index (χ1v) is 8.37. The van der Waals surface area contributed by atoms with Crippen molar-refractivity contribution in [2.24, 2.45) is 11.7 Å². The molecule has 0 aromatic rings. The molecule has 0 aromatic heterocycles. The lowest BCUT2D eigenvalue weighted by Crippen LogP contribution is -2.50. The fourth-order valence-corrected chi connectivity index (χ4v) is 4.01. The lowest BCUT2D eigenvalue weighted by Gasteiger charge is -2.44. The van der Waals surface area contributed by atoms with Gasteiger partial charge in [-0.15, -0.1) is 0 Å². The fraction of sp³-hybridized carbons (Fsp3) is 0.938. The summed E-state index contributed by atoms with van der Waals surface area (Å²) in [6, 6.07) is 0.889. The van der Waals surface area contributed by atoms with Gasteiger partial charge in [-0.1, -0.05) is 26.7 Å². The van der Waals surface area contributed by atoms with Crippen LogP contribution in [0.25, 0.3) is 0 Å². The number of carbonyl (C=O) groups is 1. The molecule has 20 heavy (non-hydrogen) atoms. The van der Waals surface area contributed by atoms with Crippen LogP contribution in [-0.2, 0) is 4.79 Å². The summed E-state index contributed by atoms with van der Waals surface area (Å²) >= 11 is 0. The zero-order valence-corrected chi connectivity index (χ0v) is 13.1. The number of fused-ring (bicyclic) bond motifs is 1. The molecule has 1 heterocycles. The molecule has 0 bridgehead atoms. The quantitative estimate of drug-likeness (QED) is 0.781. The van der Waals surface area contributed by atoms with Crippen LogP contribution in [-0.4, -0.2) is 42.0 Å². The van der Waals surface area contributed by atoms with Gasteiger partial charge in [-0.25, -0.2) is 0 Å². The number of carbonyl (C=O) groups excluding carboxylic acids is 1. The van der Waals surface area contributed by atoms with Gasteiger partial charge in [0.15, 0.2) is 0 Å². The van der Waals surface area contributed by atoms with Gasteiger partial charge in [0.2, 0.25) is 5.91 Å². The number of likely N-dealkylation sites (tertiary alicyclic amines) is 1. The second-order valence-electron chi connectivity index (χ2n) is 6.86. The van der Waals surface area contributed by atoms with Gasteiger partial charge in [0.25, 0.3) is 0 Å². The van der Waals surface area contributed by atoms with E-state index < -0.39 is 0 Å². The first kappa shape index (κ1) is 15.8. The van der Waals surface area contributed by atoms with Crippen molar-refractivity contribution in [2.75, 3.05) is 13.1 Å². The topological polar surface area (TPSA) is 58.4 Å². The molecular weight excluding hydrogens is 250 g/mol. The van der Waals surface area contributed by atoms with Crippen molar-refractivity contribution in [3.8, 4) is 0 Å². The predicted molar refractivity (Wildman–Crippen MR) is 82.4 cm³/mol. The molecule has 4 heteroatoms. The van der Waals surface area contributed by atoms with E-state index in [2.05, 4.69) is 24.1 Å². The normalized spacial score (nSPS) is 29.1.